The normalized spacial score (nSPS) is 10.2. The molecule has 132 valence electrons. The van der Waals surface area contributed by atoms with E-state index in [2.05, 4.69) is 5.32 Å². The van der Waals surface area contributed by atoms with Crippen LogP contribution in [-0.2, 0) is 6.61 Å². The number of hydrogen-bond donors (Lipinski definition) is 1. The molecule has 0 saturated carbocycles. The Kier molecular flexibility index (Phi) is 5.88. The number of hydrogen-bond acceptors (Lipinski definition) is 3. The van der Waals surface area contributed by atoms with Gasteiger partial charge in [-0.25, -0.2) is 0 Å². The summed E-state index contributed by atoms with van der Waals surface area (Å²) >= 11 is 0. The van der Waals surface area contributed by atoms with Gasteiger partial charge in [0.05, 0.1) is 17.9 Å². The number of amides is 1. The van der Waals surface area contributed by atoms with E-state index < -0.39 is 0 Å². The molecule has 0 spiro atoms. The minimum atomic E-state index is -0.232. The Bertz CT molecular complexity index is 862. The number of para-hydroxylation sites is 3. The van der Waals surface area contributed by atoms with Crippen molar-refractivity contribution in [3.63, 3.8) is 0 Å². The highest BCUT2D eigenvalue weighted by molar-refractivity contribution is 6.06. The summed E-state index contributed by atoms with van der Waals surface area (Å²) < 4.78 is 11.4. The molecule has 4 nitrogen and oxygen atoms in total. The van der Waals surface area contributed by atoms with E-state index in [0.717, 1.165) is 5.56 Å². The van der Waals surface area contributed by atoms with Crippen LogP contribution in [0.15, 0.2) is 78.9 Å². The Morgan fingerprint density at radius 3 is 2.23 bits per heavy atom. The lowest BCUT2D eigenvalue weighted by atomic mass is 10.1. The zero-order chi connectivity index (χ0) is 18.2. The molecule has 1 amide bonds. The van der Waals surface area contributed by atoms with Crippen LogP contribution in [0.3, 0.4) is 0 Å². The quantitative estimate of drug-likeness (QED) is 0.660. The summed E-state index contributed by atoms with van der Waals surface area (Å²) in [7, 11) is 0. The Balaban J connectivity index is 1.75. The van der Waals surface area contributed by atoms with Crippen LogP contribution in [-0.4, -0.2) is 12.5 Å². The van der Waals surface area contributed by atoms with Gasteiger partial charge in [0, 0.05) is 0 Å². The molecular weight excluding hydrogens is 326 g/mol. The molecule has 0 aliphatic heterocycles. The molecule has 26 heavy (non-hydrogen) atoms. The third kappa shape index (κ3) is 4.42. The van der Waals surface area contributed by atoms with Gasteiger partial charge in [0.1, 0.15) is 18.1 Å². The molecule has 3 rings (SSSR count). The summed E-state index contributed by atoms with van der Waals surface area (Å²) in [5.41, 5.74) is 2.18. The third-order valence-corrected chi connectivity index (χ3v) is 3.80. The number of benzene rings is 3. The molecule has 0 fully saturated rings. The van der Waals surface area contributed by atoms with E-state index in [0.29, 0.717) is 36.0 Å². The molecule has 0 unspecified atom stereocenters. The Morgan fingerprint density at radius 1 is 0.808 bits per heavy atom. The van der Waals surface area contributed by atoms with E-state index >= 15 is 0 Å². The second kappa shape index (κ2) is 8.72. The lowest BCUT2D eigenvalue weighted by molar-refractivity contribution is 0.102. The van der Waals surface area contributed by atoms with Gasteiger partial charge < -0.3 is 14.8 Å². The molecule has 0 saturated heterocycles. The van der Waals surface area contributed by atoms with Crippen LogP contribution < -0.4 is 14.8 Å². The number of anilines is 1. The van der Waals surface area contributed by atoms with E-state index in [9.17, 15) is 4.79 Å². The lowest BCUT2D eigenvalue weighted by Gasteiger charge is -2.14. The molecule has 0 radical (unpaired) electrons. The van der Waals surface area contributed by atoms with Crippen molar-refractivity contribution < 1.29 is 14.3 Å². The van der Waals surface area contributed by atoms with Crippen LogP contribution in [0, 0.1) is 0 Å². The zero-order valence-electron chi connectivity index (χ0n) is 14.6. The maximum absolute atomic E-state index is 12.7. The molecule has 0 heterocycles. The summed E-state index contributed by atoms with van der Waals surface area (Å²) in [4.78, 5) is 12.7. The highest BCUT2D eigenvalue weighted by Gasteiger charge is 2.14. The van der Waals surface area contributed by atoms with Gasteiger partial charge in [-0.05, 0) is 36.8 Å². The lowest BCUT2D eigenvalue weighted by Crippen LogP contribution is -2.14. The average molecular weight is 347 g/mol. The van der Waals surface area contributed by atoms with Gasteiger partial charge in [0.25, 0.3) is 5.91 Å². The van der Waals surface area contributed by atoms with Crippen molar-refractivity contribution in [1.82, 2.24) is 0 Å². The fourth-order valence-electron chi connectivity index (χ4n) is 2.56. The van der Waals surface area contributed by atoms with Crippen molar-refractivity contribution in [2.24, 2.45) is 0 Å². The van der Waals surface area contributed by atoms with Gasteiger partial charge in [0.15, 0.2) is 0 Å². The standard InChI is InChI=1S/C22H21NO3/c1-2-25-20-14-8-6-12-18(20)22(24)23-19-13-7-9-15-21(19)26-16-17-10-4-3-5-11-17/h3-15H,2,16H2,1H3,(H,23,24). The number of rotatable bonds is 7. The fourth-order valence-corrected chi connectivity index (χ4v) is 2.56. The van der Waals surface area contributed by atoms with E-state index in [1.807, 2.05) is 73.7 Å². The molecule has 3 aromatic carbocycles. The van der Waals surface area contributed by atoms with Crippen molar-refractivity contribution in [3.05, 3.63) is 90.0 Å². The highest BCUT2D eigenvalue weighted by Crippen LogP contribution is 2.27. The zero-order valence-corrected chi connectivity index (χ0v) is 14.6. The van der Waals surface area contributed by atoms with Crippen molar-refractivity contribution in [1.29, 1.82) is 0 Å². The van der Waals surface area contributed by atoms with Crippen LogP contribution in [0.4, 0.5) is 5.69 Å². The van der Waals surface area contributed by atoms with Crippen LogP contribution in [0.2, 0.25) is 0 Å². The Morgan fingerprint density at radius 2 is 1.46 bits per heavy atom. The van der Waals surface area contributed by atoms with E-state index in [1.165, 1.54) is 0 Å². The van der Waals surface area contributed by atoms with Crippen molar-refractivity contribution in [2.75, 3.05) is 11.9 Å². The molecule has 3 aromatic rings. The van der Waals surface area contributed by atoms with Crippen molar-refractivity contribution in [2.45, 2.75) is 13.5 Å². The molecule has 0 aliphatic rings. The third-order valence-electron chi connectivity index (χ3n) is 3.80. The Labute approximate surface area is 153 Å². The molecule has 0 aromatic heterocycles. The topological polar surface area (TPSA) is 47.6 Å². The first-order valence-corrected chi connectivity index (χ1v) is 8.57. The fraction of sp³-hybridized carbons (Fsp3) is 0.136. The van der Waals surface area contributed by atoms with Gasteiger partial charge in [-0.2, -0.15) is 0 Å². The summed E-state index contributed by atoms with van der Waals surface area (Å²) in [6.45, 7) is 2.83. The SMILES string of the molecule is CCOc1ccccc1C(=O)Nc1ccccc1OCc1ccccc1. The average Bonchev–Trinajstić information content (AvgIpc) is 2.69. The van der Waals surface area contributed by atoms with Gasteiger partial charge in [-0.15, -0.1) is 0 Å². The molecule has 4 heteroatoms. The minimum Gasteiger partial charge on any atom is -0.493 e. The minimum absolute atomic E-state index is 0.232. The number of carbonyl (C=O) groups excluding carboxylic acids is 1. The first-order chi connectivity index (χ1) is 12.8. The summed E-state index contributed by atoms with van der Waals surface area (Å²) in [5, 5.41) is 2.92. The summed E-state index contributed by atoms with van der Waals surface area (Å²) in [6.07, 6.45) is 0. The van der Waals surface area contributed by atoms with E-state index in [-0.39, 0.29) is 5.91 Å². The molecule has 0 bridgehead atoms. The van der Waals surface area contributed by atoms with Gasteiger partial charge in [-0.1, -0.05) is 54.6 Å². The molecule has 0 aliphatic carbocycles. The summed E-state index contributed by atoms with van der Waals surface area (Å²) in [5.74, 6) is 0.957. The second-order valence-electron chi connectivity index (χ2n) is 5.65. The van der Waals surface area contributed by atoms with Crippen molar-refractivity contribution in [3.8, 4) is 11.5 Å². The predicted octanol–water partition coefficient (Wildman–Crippen LogP) is 4.92. The first-order valence-electron chi connectivity index (χ1n) is 8.57. The highest BCUT2D eigenvalue weighted by atomic mass is 16.5. The maximum atomic E-state index is 12.7. The summed E-state index contributed by atoms with van der Waals surface area (Å²) in [6, 6.07) is 24.5. The van der Waals surface area contributed by atoms with Crippen LogP contribution in [0.1, 0.15) is 22.8 Å². The second-order valence-corrected chi connectivity index (χ2v) is 5.65. The van der Waals surface area contributed by atoms with Gasteiger partial charge >= 0.3 is 0 Å². The number of nitrogens with one attached hydrogen (secondary N) is 1. The van der Waals surface area contributed by atoms with E-state index in [4.69, 9.17) is 9.47 Å². The van der Waals surface area contributed by atoms with Crippen LogP contribution >= 0.6 is 0 Å². The predicted molar refractivity (Wildman–Crippen MR) is 103 cm³/mol. The van der Waals surface area contributed by atoms with Gasteiger partial charge in [-0.3, -0.25) is 4.79 Å². The largest absolute Gasteiger partial charge is 0.493 e. The van der Waals surface area contributed by atoms with Crippen molar-refractivity contribution >= 4 is 11.6 Å². The number of carbonyl (C=O) groups is 1. The van der Waals surface area contributed by atoms with Gasteiger partial charge in [0.2, 0.25) is 0 Å². The van der Waals surface area contributed by atoms with Crippen LogP contribution in [0.25, 0.3) is 0 Å². The smallest absolute Gasteiger partial charge is 0.259 e. The monoisotopic (exact) mass is 347 g/mol. The van der Waals surface area contributed by atoms with E-state index in [1.54, 1.807) is 12.1 Å². The molecule has 1 N–H and O–H groups in total. The maximum Gasteiger partial charge on any atom is 0.259 e. The molecule has 0 atom stereocenters. The van der Waals surface area contributed by atoms with Crippen LogP contribution in [0.5, 0.6) is 11.5 Å². The Hall–Kier alpha value is -3.27. The molecular formula is C22H21NO3. The number of ether oxygens (including phenoxy) is 2. The first kappa shape index (κ1) is 17.5.